The van der Waals surface area contributed by atoms with Gasteiger partial charge in [0, 0.05) is 25.0 Å². The molecule has 0 bridgehead atoms. The van der Waals surface area contributed by atoms with Gasteiger partial charge in [0.05, 0.1) is 6.04 Å². The van der Waals surface area contributed by atoms with E-state index in [1.807, 2.05) is 0 Å². The molecule has 1 saturated heterocycles. The predicted molar refractivity (Wildman–Crippen MR) is 67.0 cm³/mol. The van der Waals surface area contributed by atoms with E-state index in [9.17, 15) is 0 Å². The molecule has 1 aliphatic rings. The highest BCUT2D eigenvalue weighted by molar-refractivity contribution is 5.20. The highest BCUT2D eigenvalue weighted by atomic mass is 15.4. The molecule has 1 aromatic carbocycles. The van der Waals surface area contributed by atoms with Gasteiger partial charge in [0.1, 0.15) is 0 Å². The van der Waals surface area contributed by atoms with Crippen LogP contribution in [0.15, 0.2) is 30.3 Å². The van der Waals surface area contributed by atoms with Crippen LogP contribution in [0, 0.1) is 5.92 Å². The summed E-state index contributed by atoms with van der Waals surface area (Å²) in [5.74, 6) is 0.616. The summed E-state index contributed by atoms with van der Waals surface area (Å²) in [7, 11) is 0. The van der Waals surface area contributed by atoms with Gasteiger partial charge in [0.2, 0.25) is 0 Å². The van der Waals surface area contributed by atoms with Crippen LogP contribution >= 0.6 is 0 Å². The smallest absolute Gasteiger partial charge is 0.0515 e. The highest BCUT2D eigenvalue weighted by Crippen LogP contribution is 2.23. The zero-order valence-electron chi connectivity index (χ0n) is 10.0. The maximum atomic E-state index is 3.51. The van der Waals surface area contributed by atoms with Crippen LogP contribution in [0.2, 0.25) is 0 Å². The van der Waals surface area contributed by atoms with Crippen LogP contribution in [0.25, 0.3) is 0 Å². The summed E-state index contributed by atoms with van der Waals surface area (Å²) in [5, 5.41) is 3.51. The molecule has 3 nitrogen and oxygen atoms in total. The molecule has 1 fully saturated rings. The quantitative estimate of drug-likeness (QED) is 0.717. The summed E-state index contributed by atoms with van der Waals surface area (Å²) < 4.78 is 0. The second-order valence-electron chi connectivity index (χ2n) is 4.74. The Hall–Kier alpha value is -0.900. The van der Waals surface area contributed by atoms with Gasteiger partial charge in [-0.1, -0.05) is 44.2 Å². The zero-order chi connectivity index (χ0) is 11.4. The van der Waals surface area contributed by atoms with Crippen molar-refractivity contribution >= 4 is 0 Å². The lowest BCUT2D eigenvalue weighted by Crippen LogP contribution is -2.32. The number of benzene rings is 1. The molecule has 16 heavy (non-hydrogen) atoms. The van der Waals surface area contributed by atoms with Crippen LogP contribution in [0.4, 0.5) is 0 Å². The third-order valence-corrected chi connectivity index (χ3v) is 3.04. The van der Waals surface area contributed by atoms with E-state index >= 15 is 0 Å². The monoisotopic (exact) mass is 219 g/mol. The van der Waals surface area contributed by atoms with E-state index in [4.69, 9.17) is 0 Å². The van der Waals surface area contributed by atoms with E-state index in [-0.39, 0.29) is 0 Å². The maximum absolute atomic E-state index is 3.51. The summed E-state index contributed by atoms with van der Waals surface area (Å²) in [5.41, 5.74) is 7.98. The number of hydrogen-bond donors (Lipinski definition) is 3. The minimum Gasteiger partial charge on any atom is -0.314 e. The first kappa shape index (κ1) is 11.6. The molecule has 0 aliphatic carbocycles. The van der Waals surface area contributed by atoms with Gasteiger partial charge in [-0.05, 0) is 5.56 Å². The Balaban J connectivity index is 1.98. The van der Waals surface area contributed by atoms with Crippen LogP contribution in [0.3, 0.4) is 0 Å². The highest BCUT2D eigenvalue weighted by Gasteiger charge is 2.27. The average Bonchev–Trinajstić information content (AvgIpc) is 2.75. The van der Waals surface area contributed by atoms with Gasteiger partial charge in [0.15, 0.2) is 0 Å². The van der Waals surface area contributed by atoms with Crippen molar-refractivity contribution < 1.29 is 0 Å². The molecular formula is C13H21N3. The summed E-state index contributed by atoms with van der Waals surface area (Å²) in [4.78, 5) is 0. The summed E-state index contributed by atoms with van der Waals surface area (Å²) in [6.45, 7) is 6.46. The lowest BCUT2D eigenvalue weighted by molar-refractivity contribution is 0.423. The van der Waals surface area contributed by atoms with E-state index in [1.54, 1.807) is 0 Å². The summed E-state index contributed by atoms with van der Waals surface area (Å²) in [6, 6.07) is 11.6. The normalized spacial score (nSPS) is 25.2. The Kier molecular flexibility index (Phi) is 3.93. The Bertz CT molecular complexity index is 310. The van der Waals surface area contributed by atoms with E-state index in [0.717, 1.165) is 13.1 Å². The van der Waals surface area contributed by atoms with Crippen molar-refractivity contribution in [3.63, 3.8) is 0 Å². The molecule has 1 heterocycles. The van der Waals surface area contributed by atoms with Gasteiger partial charge in [-0.15, -0.1) is 0 Å². The number of nitrogens with one attached hydrogen (secondary N) is 3. The molecule has 88 valence electrons. The molecule has 0 spiro atoms. The fourth-order valence-electron chi connectivity index (χ4n) is 2.13. The summed E-state index contributed by atoms with van der Waals surface area (Å²) in [6.07, 6.45) is 0. The first-order valence-corrected chi connectivity index (χ1v) is 6.04. The molecular weight excluding hydrogens is 198 g/mol. The Morgan fingerprint density at radius 1 is 1.31 bits per heavy atom. The third-order valence-electron chi connectivity index (χ3n) is 3.04. The molecule has 3 heteroatoms. The summed E-state index contributed by atoms with van der Waals surface area (Å²) >= 11 is 0. The fraction of sp³-hybridized carbons (Fsp3) is 0.538. The van der Waals surface area contributed by atoms with Crippen LogP contribution in [-0.2, 0) is 0 Å². The third kappa shape index (κ3) is 2.82. The molecule has 3 N–H and O–H groups in total. The van der Waals surface area contributed by atoms with Crippen LogP contribution in [0.5, 0.6) is 0 Å². The number of hydrazine groups is 1. The van der Waals surface area contributed by atoms with E-state index in [2.05, 4.69) is 60.3 Å². The second kappa shape index (κ2) is 5.43. The first-order valence-electron chi connectivity index (χ1n) is 6.04. The van der Waals surface area contributed by atoms with Gasteiger partial charge in [-0.2, -0.15) is 0 Å². The van der Waals surface area contributed by atoms with Gasteiger partial charge in [-0.3, -0.25) is 5.43 Å². The SMILES string of the molecule is CC(C)NCC1CNNC1c1ccccc1. The van der Waals surface area contributed by atoms with Crippen LogP contribution < -0.4 is 16.2 Å². The second-order valence-corrected chi connectivity index (χ2v) is 4.74. The molecule has 0 amide bonds. The lowest BCUT2D eigenvalue weighted by atomic mass is 9.95. The molecule has 0 radical (unpaired) electrons. The zero-order valence-corrected chi connectivity index (χ0v) is 10.0. The van der Waals surface area contributed by atoms with E-state index in [1.165, 1.54) is 5.56 Å². The van der Waals surface area contributed by atoms with E-state index < -0.39 is 0 Å². The minimum absolute atomic E-state index is 0.424. The number of hydrogen-bond acceptors (Lipinski definition) is 3. The van der Waals surface area contributed by atoms with Crippen molar-refractivity contribution in [2.45, 2.75) is 25.9 Å². The van der Waals surface area contributed by atoms with Crippen LogP contribution in [0.1, 0.15) is 25.5 Å². The molecule has 1 aromatic rings. The lowest BCUT2D eigenvalue weighted by Gasteiger charge is -2.20. The topological polar surface area (TPSA) is 36.1 Å². The Labute approximate surface area is 97.6 Å². The van der Waals surface area contributed by atoms with E-state index in [0.29, 0.717) is 18.0 Å². The van der Waals surface area contributed by atoms with Crippen molar-refractivity contribution in [3.8, 4) is 0 Å². The predicted octanol–water partition coefficient (Wildman–Crippen LogP) is 1.45. The van der Waals surface area contributed by atoms with Crippen molar-refractivity contribution in [2.24, 2.45) is 5.92 Å². The van der Waals surface area contributed by atoms with Crippen molar-refractivity contribution in [1.82, 2.24) is 16.2 Å². The fourth-order valence-corrected chi connectivity index (χ4v) is 2.13. The molecule has 2 atom stereocenters. The van der Waals surface area contributed by atoms with Crippen molar-refractivity contribution in [3.05, 3.63) is 35.9 Å². The molecule has 1 aliphatic heterocycles. The van der Waals surface area contributed by atoms with Gasteiger partial charge in [0.25, 0.3) is 0 Å². The van der Waals surface area contributed by atoms with Gasteiger partial charge >= 0.3 is 0 Å². The van der Waals surface area contributed by atoms with Gasteiger partial charge < -0.3 is 5.32 Å². The number of rotatable bonds is 4. The molecule has 0 saturated carbocycles. The standard InChI is InChI=1S/C13H21N3/c1-10(2)14-8-12-9-15-16-13(12)11-6-4-3-5-7-11/h3-7,10,12-16H,8-9H2,1-2H3. The maximum Gasteiger partial charge on any atom is 0.0515 e. The average molecular weight is 219 g/mol. The Morgan fingerprint density at radius 3 is 2.75 bits per heavy atom. The molecule has 0 aromatic heterocycles. The van der Waals surface area contributed by atoms with Crippen molar-refractivity contribution in [1.29, 1.82) is 0 Å². The first-order chi connectivity index (χ1) is 7.77. The van der Waals surface area contributed by atoms with Crippen LogP contribution in [-0.4, -0.2) is 19.1 Å². The molecule has 2 rings (SSSR count). The van der Waals surface area contributed by atoms with Crippen molar-refractivity contribution in [2.75, 3.05) is 13.1 Å². The minimum atomic E-state index is 0.424. The Morgan fingerprint density at radius 2 is 2.06 bits per heavy atom. The largest absolute Gasteiger partial charge is 0.314 e. The molecule has 2 unspecified atom stereocenters. The van der Waals surface area contributed by atoms with Gasteiger partial charge in [-0.25, -0.2) is 5.43 Å².